The van der Waals surface area contributed by atoms with Gasteiger partial charge in [0, 0.05) is 6.20 Å². The molecule has 9 heteroatoms. The van der Waals surface area contributed by atoms with Gasteiger partial charge in [-0.2, -0.15) is 15.1 Å². The number of rotatable bonds is 4. The van der Waals surface area contributed by atoms with Crippen LogP contribution in [0.3, 0.4) is 0 Å². The summed E-state index contributed by atoms with van der Waals surface area (Å²) in [5.41, 5.74) is 0.421. The van der Waals surface area contributed by atoms with E-state index >= 15 is 0 Å². The molecular formula is C10H11N5O4. The van der Waals surface area contributed by atoms with Gasteiger partial charge in [-0.25, -0.2) is 9.48 Å². The van der Waals surface area contributed by atoms with E-state index in [1.54, 1.807) is 6.92 Å². The van der Waals surface area contributed by atoms with E-state index in [0.717, 1.165) is 0 Å². The minimum Gasteiger partial charge on any atom is -0.478 e. The van der Waals surface area contributed by atoms with Crippen molar-refractivity contribution in [1.82, 2.24) is 24.7 Å². The van der Waals surface area contributed by atoms with E-state index in [1.165, 1.54) is 25.1 Å². The molecule has 1 N–H and O–H groups in total. The second kappa shape index (κ2) is 4.88. The van der Waals surface area contributed by atoms with Crippen LogP contribution in [0.2, 0.25) is 0 Å². The van der Waals surface area contributed by atoms with Gasteiger partial charge < -0.3 is 14.6 Å². The van der Waals surface area contributed by atoms with Crippen LogP contribution in [0.15, 0.2) is 6.20 Å². The van der Waals surface area contributed by atoms with Crippen LogP contribution < -0.4 is 9.47 Å². The third-order valence-corrected chi connectivity index (χ3v) is 2.28. The summed E-state index contributed by atoms with van der Waals surface area (Å²) in [6.45, 7) is 1.58. The van der Waals surface area contributed by atoms with Crippen molar-refractivity contribution in [1.29, 1.82) is 0 Å². The van der Waals surface area contributed by atoms with Crippen LogP contribution in [-0.4, -0.2) is 50.0 Å². The zero-order valence-electron chi connectivity index (χ0n) is 10.5. The molecule has 0 aliphatic heterocycles. The highest BCUT2D eigenvalue weighted by Gasteiger charge is 2.15. The van der Waals surface area contributed by atoms with Gasteiger partial charge >= 0.3 is 18.0 Å². The summed E-state index contributed by atoms with van der Waals surface area (Å²) in [7, 11) is 2.80. The molecule has 2 heterocycles. The van der Waals surface area contributed by atoms with E-state index < -0.39 is 5.97 Å². The topological polar surface area (TPSA) is 112 Å². The Labute approximate surface area is 107 Å². The molecule has 0 spiro atoms. The molecule has 0 aliphatic carbocycles. The minimum atomic E-state index is -1.07. The quantitative estimate of drug-likeness (QED) is 0.827. The number of nitrogens with zero attached hydrogens (tertiary/aromatic N) is 5. The molecule has 2 aromatic heterocycles. The van der Waals surface area contributed by atoms with Gasteiger partial charge in [-0.05, 0) is 6.92 Å². The molecule has 0 unspecified atom stereocenters. The summed E-state index contributed by atoms with van der Waals surface area (Å²) in [5.74, 6) is -0.962. The summed E-state index contributed by atoms with van der Waals surface area (Å²) in [6.07, 6.45) is 1.31. The summed E-state index contributed by atoms with van der Waals surface area (Å²) >= 11 is 0. The van der Waals surface area contributed by atoms with Gasteiger partial charge in [-0.3, -0.25) is 0 Å². The Bertz CT molecular complexity index is 602. The first-order valence-corrected chi connectivity index (χ1v) is 5.19. The number of hydrogen-bond acceptors (Lipinski definition) is 7. The summed E-state index contributed by atoms with van der Waals surface area (Å²) in [5, 5.41) is 13.0. The van der Waals surface area contributed by atoms with Crippen molar-refractivity contribution < 1.29 is 19.4 Å². The summed E-state index contributed by atoms with van der Waals surface area (Å²) < 4.78 is 11.0. The monoisotopic (exact) mass is 265 g/mol. The lowest BCUT2D eigenvalue weighted by atomic mass is 10.3. The lowest BCUT2D eigenvalue weighted by Gasteiger charge is -2.04. The number of ether oxygens (including phenoxy) is 2. The number of carbonyl (C=O) groups is 1. The van der Waals surface area contributed by atoms with Crippen molar-refractivity contribution in [2.75, 3.05) is 14.2 Å². The number of methoxy groups -OCH3 is 2. The average molecular weight is 265 g/mol. The molecule has 0 amide bonds. The molecule has 100 valence electrons. The highest BCUT2D eigenvalue weighted by molar-refractivity contribution is 5.88. The highest BCUT2D eigenvalue weighted by Crippen LogP contribution is 2.14. The third-order valence-electron chi connectivity index (χ3n) is 2.28. The van der Waals surface area contributed by atoms with Crippen LogP contribution >= 0.6 is 0 Å². The molecule has 0 bridgehead atoms. The first-order chi connectivity index (χ1) is 9.05. The standard InChI is InChI=1S/C10H11N5O4/c1-5-6(7(16)17)4-15(14-5)8-11-9(18-2)13-10(12-8)19-3/h4H,1-3H3,(H,16,17). The molecule has 19 heavy (non-hydrogen) atoms. The van der Waals surface area contributed by atoms with Crippen molar-refractivity contribution in [2.24, 2.45) is 0 Å². The van der Waals surface area contributed by atoms with E-state index in [-0.39, 0.29) is 23.5 Å². The Balaban J connectivity index is 2.51. The van der Waals surface area contributed by atoms with Crippen molar-refractivity contribution >= 4 is 5.97 Å². The first kappa shape index (κ1) is 12.7. The highest BCUT2D eigenvalue weighted by atomic mass is 16.5. The van der Waals surface area contributed by atoms with Crippen LogP contribution in [0.1, 0.15) is 16.1 Å². The SMILES string of the molecule is COc1nc(OC)nc(-n2cc(C(=O)O)c(C)n2)n1. The summed E-state index contributed by atoms with van der Waals surface area (Å²) in [6, 6.07) is 0.0961. The van der Waals surface area contributed by atoms with Crippen LogP contribution in [0.4, 0.5) is 0 Å². The lowest BCUT2D eigenvalue weighted by Crippen LogP contribution is -2.07. The second-order valence-corrected chi connectivity index (χ2v) is 3.49. The lowest BCUT2D eigenvalue weighted by molar-refractivity contribution is 0.0696. The zero-order chi connectivity index (χ0) is 14.0. The number of carboxylic acids is 1. The molecule has 0 aliphatic rings. The number of aromatic nitrogens is 5. The fraction of sp³-hybridized carbons (Fsp3) is 0.300. The van der Waals surface area contributed by atoms with E-state index in [4.69, 9.17) is 14.6 Å². The van der Waals surface area contributed by atoms with E-state index in [2.05, 4.69) is 20.1 Å². The molecule has 2 rings (SSSR count). The van der Waals surface area contributed by atoms with Crippen molar-refractivity contribution in [3.05, 3.63) is 17.5 Å². The predicted octanol–water partition coefficient (Wildman–Crippen LogP) is 0.0811. The maximum Gasteiger partial charge on any atom is 0.339 e. The fourth-order valence-electron chi connectivity index (χ4n) is 1.39. The van der Waals surface area contributed by atoms with Crippen molar-refractivity contribution in [3.8, 4) is 18.0 Å². The molecule has 0 saturated heterocycles. The van der Waals surface area contributed by atoms with Gasteiger partial charge in [0.2, 0.25) is 0 Å². The Morgan fingerprint density at radius 1 is 1.21 bits per heavy atom. The van der Waals surface area contributed by atoms with E-state index in [1.807, 2.05) is 0 Å². The molecule has 9 nitrogen and oxygen atoms in total. The predicted molar refractivity (Wildman–Crippen MR) is 61.7 cm³/mol. The van der Waals surface area contributed by atoms with Crippen molar-refractivity contribution in [3.63, 3.8) is 0 Å². The molecule has 0 aromatic carbocycles. The van der Waals surface area contributed by atoms with Crippen LogP contribution in [0, 0.1) is 6.92 Å². The van der Waals surface area contributed by atoms with Gasteiger partial charge in [-0.1, -0.05) is 0 Å². The van der Waals surface area contributed by atoms with E-state index in [9.17, 15) is 4.79 Å². The molecule has 0 radical (unpaired) electrons. The average Bonchev–Trinajstić information content (AvgIpc) is 2.80. The van der Waals surface area contributed by atoms with Gasteiger partial charge in [0.1, 0.15) is 5.56 Å². The van der Waals surface area contributed by atoms with Crippen LogP contribution in [-0.2, 0) is 0 Å². The Hall–Kier alpha value is -2.71. The Morgan fingerprint density at radius 3 is 2.21 bits per heavy atom. The summed E-state index contributed by atoms with van der Waals surface area (Å²) in [4.78, 5) is 22.7. The van der Waals surface area contributed by atoms with Gasteiger partial charge in [0.05, 0.1) is 19.9 Å². The van der Waals surface area contributed by atoms with Gasteiger partial charge in [0.25, 0.3) is 5.95 Å². The van der Waals surface area contributed by atoms with E-state index in [0.29, 0.717) is 5.69 Å². The Morgan fingerprint density at radius 2 is 1.79 bits per heavy atom. The largest absolute Gasteiger partial charge is 0.478 e. The molecule has 0 atom stereocenters. The normalized spacial score (nSPS) is 10.3. The second-order valence-electron chi connectivity index (χ2n) is 3.49. The molecule has 0 saturated carbocycles. The molecule has 2 aromatic rings. The van der Waals surface area contributed by atoms with Gasteiger partial charge in [0.15, 0.2) is 0 Å². The maximum absolute atomic E-state index is 11.0. The number of aryl methyl sites for hydroxylation is 1. The van der Waals surface area contributed by atoms with Crippen LogP contribution in [0.5, 0.6) is 12.0 Å². The number of hydrogen-bond donors (Lipinski definition) is 1. The van der Waals surface area contributed by atoms with Crippen molar-refractivity contribution in [2.45, 2.75) is 6.92 Å². The zero-order valence-corrected chi connectivity index (χ0v) is 10.5. The molecular weight excluding hydrogens is 254 g/mol. The third kappa shape index (κ3) is 2.44. The van der Waals surface area contributed by atoms with Gasteiger partial charge in [-0.15, -0.1) is 4.98 Å². The smallest absolute Gasteiger partial charge is 0.339 e. The molecule has 0 fully saturated rings. The number of carboxylic acid groups (broad SMARTS) is 1. The fourth-order valence-corrected chi connectivity index (χ4v) is 1.39. The first-order valence-electron chi connectivity index (χ1n) is 5.19. The maximum atomic E-state index is 11.0. The number of aromatic carboxylic acids is 1. The minimum absolute atomic E-state index is 0.0480. The Kier molecular flexibility index (Phi) is 3.27. The van der Waals surface area contributed by atoms with Crippen LogP contribution in [0.25, 0.3) is 5.95 Å².